The number of ether oxygens (including phenoxy) is 1. The van der Waals surface area contributed by atoms with Gasteiger partial charge in [-0.15, -0.1) is 0 Å². The summed E-state index contributed by atoms with van der Waals surface area (Å²) < 4.78 is 66.5. The summed E-state index contributed by atoms with van der Waals surface area (Å²) >= 11 is 0. The molecule has 7 nitrogen and oxygen atoms in total. The van der Waals surface area contributed by atoms with Gasteiger partial charge >= 0.3 is 12.1 Å². The molecule has 11 heteroatoms. The molecule has 232 valence electrons. The minimum atomic E-state index is -4.51. The second-order valence-electron chi connectivity index (χ2n) is 12.6. The Morgan fingerprint density at radius 3 is 2.51 bits per heavy atom. The number of hydrogen-bond donors (Lipinski definition) is 1. The number of carboxylic acids is 1. The van der Waals surface area contributed by atoms with Crippen LogP contribution in [-0.4, -0.2) is 46.6 Å². The van der Waals surface area contributed by atoms with Crippen molar-refractivity contribution < 1.29 is 36.7 Å². The molecule has 8 rings (SSSR count). The van der Waals surface area contributed by atoms with Crippen molar-refractivity contribution in [2.45, 2.75) is 50.1 Å². The number of halogens is 4. The number of anilines is 1. The number of aromatic nitrogens is 2. The molecule has 4 fully saturated rings. The van der Waals surface area contributed by atoms with E-state index in [1.54, 1.807) is 12.1 Å². The molecule has 1 aliphatic heterocycles. The molecule has 3 saturated carbocycles. The van der Waals surface area contributed by atoms with Crippen molar-refractivity contribution in [3.63, 3.8) is 0 Å². The van der Waals surface area contributed by atoms with E-state index in [1.807, 2.05) is 18.2 Å². The second-order valence-corrected chi connectivity index (χ2v) is 12.6. The number of alkyl halides is 4. The smallest absolute Gasteiger partial charge is 0.417 e. The van der Waals surface area contributed by atoms with Gasteiger partial charge in [0.15, 0.2) is 5.69 Å². The van der Waals surface area contributed by atoms with Gasteiger partial charge < -0.3 is 19.3 Å². The van der Waals surface area contributed by atoms with E-state index in [0.29, 0.717) is 45.7 Å². The van der Waals surface area contributed by atoms with E-state index in [-0.39, 0.29) is 41.8 Å². The van der Waals surface area contributed by atoms with Crippen LogP contribution < -0.4 is 9.64 Å². The van der Waals surface area contributed by atoms with E-state index in [2.05, 4.69) is 21.1 Å². The molecule has 1 N–H and O–H groups in total. The summed E-state index contributed by atoms with van der Waals surface area (Å²) in [6, 6.07) is 12.5. The van der Waals surface area contributed by atoms with Crippen molar-refractivity contribution in [2.75, 3.05) is 18.0 Å². The maximum absolute atomic E-state index is 13.8. The van der Waals surface area contributed by atoms with Crippen molar-refractivity contribution >= 4 is 28.6 Å². The Balaban J connectivity index is 1.02. The monoisotopic (exact) mass is 619 g/mol. The maximum Gasteiger partial charge on any atom is 0.417 e. The topological polar surface area (TPSA) is 88.7 Å². The molecule has 1 saturated heterocycles. The number of rotatable bonds is 8. The normalized spacial score (nSPS) is 25.9. The molecule has 3 heterocycles. The number of hydrogen-bond acceptors (Lipinski definition) is 6. The largest absolute Gasteiger partial charge is 0.489 e. The van der Waals surface area contributed by atoms with Gasteiger partial charge in [-0.05, 0) is 54.9 Å². The zero-order valence-corrected chi connectivity index (χ0v) is 24.0. The first kappa shape index (κ1) is 28.1. The highest BCUT2D eigenvalue weighted by atomic mass is 19.4. The molecule has 0 spiro atoms. The zero-order chi connectivity index (χ0) is 31.0. The summed E-state index contributed by atoms with van der Waals surface area (Å²) in [4.78, 5) is 18.2. The minimum absolute atomic E-state index is 0.0221. The van der Waals surface area contributed by atoms with E-state index >= 15 is 0 Å². The summed E-state index contributed by atoms with van der Waals surface area (Å²) in [5.41, 5.74) is 1.49. The third kappa shape index (κ3) is 5.11. The van der Waals surface area contributed by atoms with Crippen LogP contribution in [0.3, 0.4) is 0 Å². The highest BCUT2D eigenvalue weighted by Gasteiger charge is 2.54. The molecular weight excluding hydrogens is 590 g/mol. The number of aromatic carboxylic acids is 1. The van der Waals surface area contributed by atoms with E-state index in [0.717, 1.165) is 37.7 Å². The summed E-state index contributed by atoms with van der Waals surface area (Å²) in [6.07, 6.45) is 0.739. The fourth-order valence-electron chi connectivity index (χ4n) is 6.88. The average Bonchev–Trinajstić information content (AvgIpc) is 3.86. The number of piperidine rings is 1. The van der Waals surface area contributed by atoms with Crippen LogP contribution in [0.15, 0.2) is 59.1 Å². The maximum atomic E-state index is 13.8. The quantitative estimate of drug-likeness (QED) is 0.202. The van der Waals surface area contributed by atoms with Gasteiger partial charge in [0.05, 0.1) is 11.1 Å². The minimum Gasteiger partial charge on any atom is -0.489 e. The fraction of sp³-hybridized carbons (Fsp3) is 0.382. The standard InChI is InChI=1S/C34H29F4N3O4/c35-18-11-20(12-18)44-30-14-29(33(42)43)39-28-10-7-19(13-24(28)30)41-15-25-21(26(25)16-41)8-9-23-31(40-45-32(23)17-5-6-17)22-3-1-2-4-27(22)34(36,37)38/h1-4,7-10,13-14,17-18,20-21,25-26H,5-6,11-12,15-16H2,(H,42,43)/b9-8+. The lowest BCUT2D eigenvalue weighted by Gasteiger charge is -2.30. The van der Waals surface area contributed by atoms with Crippen molar-refractivity contribution in [3.05, 3.63) is 77.2 Å². The molecule has 0 radical (unpaired) electrons. The van der Waals surface area contributed by atoms with E-state index in [1.165, 1.54) is 18.2 Å². The summed E-state index contributed by atoms with van der Waals surface area (Å²) in [5.74, 6) is 1.16. The molecule has 45 heavy (non-hydrogen) atoms. The summed E-state index contributed by atoms with van der Waals surface area (Å²) in [6.45, 7) is 1.61. The van der Waals surface area contributed by atoms with Crippen molar-refractivity contribution in [1.82, 2.24) is 10.1 Å². The van der Waals surface area contributed by atoms with Gasteiger partial charge in [0.1, 0.15) is 29.5 Å². The van der Waals surface area contributed by atoms with Crippen LogP contribution in [0.2, 0.25) is 0 Å². The first-order valence-electron chi connectivity index (χ1n) is 15.2. The average molecular weight is 620 g/mol. The predicted molar refractivity (Wildman–Crippen MR) is 158 cm³/mol. The lowest BCUT2D eigenvalue weighted by atomic mass is 9.93. The Morgan fingerprint density at radius 1 is 1.07 bits per heavy atom. The molecular formula is C34H29F4N3O4. The van der Waals surface area contributed by atoms with Gasteiger partial charge in [0.2, 0.25) is 0 Å². The van der Waals surface area contributed by atoms with Crippen LogP contribution >= 0.6 is 0 Å². The molecule has 2 aromatic carbocycles. The molecule has 2 atom stereocenters. The number of allylic oxidation sites excluding steroid dienone is 1. The van der Waals surface area contributed by atoms with Gasteiger partial charge in [0, 0.05) is 60.1 Å². The Bertz CT molecular complexity index is 1830. The Hall–Kier alpha value is -4.41. The first-order valence-corrected chi connectivity index (χ1v) is 15.2. The number of pyridine rings is 1. The van der Waals surface area contributed by atoms with Crippen LogP contribution in [0, 0.1) is 17.8 Å². The summed E-state index contributed by atoms with van der Waals surface area (Å²) in [7, 11) is 0. The van der Waals surface area contributed by atoms with Crippen molar-refractivity contribution in [2.24, 2.45) is 17.8 Å². The van der Waals surface area contributed by atoms with E-state index in [4.69, 9.17) is 9.26 Å². The van der Waals surface area contributed by atoms with Gasteiger partial charge in [-0.1, -0.05) is 35.5 Å². The van der Waals surface area contributed by atoms with Crippen LogP contribution in [0.5, 0.6) is 5.75 Å². The molecule has 2 aromatic heterocycles. The van der Waals surface area contributed by atoms with Crippen LogP contribution in [0.4, 0.5) is 23.2 Å². The Labute approximate surface area is 255 Å². The first-order chi connectivity index (χ1) is 21.6. The van der Waals surface area contributed by atoms with Crippen molar-refractivity contribution in [1.29, 1.82) is 0 Å². The Morgan fingerprint density at radius 2 is 1.82 bits per heavy atom. The third-order valence-electron chi connectivity index (χ3n) is 9.61. The molecule has 4 aromatic rings. The van der Waals surface area contributed by atoms with Gasteiger partial charge in [-0.25, -0.2) is 14.2 Å². The van der Waals surface area contributed by atoms with E-state index < -0.39 is 23.9 Å². The zero-order valence-electron chi connectivity index (χ0n) is 24.0. The number of benzene rings is 2. The highest BCUT2D eigenvalue weighted by molar-refractivity contribution is 5.94. The molecule has 0 bridgehead atoms. The summed E-state index contributed by atoms with van der Waals surface area (Å²) in [5, 5.41) is 14.3. The van der Waals surface area contributed by atoms with Crippen LogP contribution in [0.1, 0.15) is 59.0 Å². The van der Waals surface area contributed by atoms with Gasteiger partial charge in [0.25, 0.3) is 0 Å². The molecule has 4 aliphatic rings. The van der Waals surface area contributed by atoms with E-state index in [9.17, 15) is 27.5 Å². The lowest BCUT2D eigenvalue weighted by Crippen LogP contribution is -2.35. The molecule has 0 amide bonds. The van der Waals surface area contributed by atoms with Crippen molar-refractivity contribution in [3.8, 4) is 17.0 Å². The predicted octanol–water partition coefficient (Wildman–Crippen LogP) is 7.76. The van der Waals surface area contributed by atoms with Crippen LogP contribution in [0.25, 0.3) is 28.2 Å². The highest BCUT2D eigenvalue weighted by Crippen LogP contribution is 2.54. The molecule has 2 unspecified atom stereocenters. The molecule has 3 aliphatic carbocycles. The van der Waals surface area contributed by atoms with Crippen LogP contribution in [-0.2, 0) is 6.18 Å². The number of carbonyl (C=O) groups is 1. The Kier molecular flexibility index (Phi) is 6.44. The number of nitrogens with zero attached hydrogens (tertiary/aromatic N) is 3. The number of carboxylic acid groups (broad SMARTS) is 1. The van der Waals surface area contributed by atoms with Gasteiger partial charge in [-0.3, -0.25) is 0 Å². The number of fused-ring (bicyclic) bond motifs is 2. The van der Waals surface area contributed by atoms with Gasteiger partial charge in [-0.2, -0.15) is 13.2 Å². The third-order valence-corrected chi connectivity index (χ3v) is 9.61. The SMILES string of the molecule is O=C(O)c1cc(OC2CC(F)C2)c2cc(N3CC4C(/C=C/c5c(-c6ccccc6C(F)(F)F)noc5C5CC5)C4C3)ccc2n1. The fourth-order valence-corrected chi connectivity index (χ4v) is 6.88. The second kappa shape index (κ2) is 10.3. The lowest BCUT2D eigenvalue weighted by molar-refractivity contribution is -0.137.